The zero-order valence-corrected chi connectivity index (χ0v) is 7.01. The van der Waals surface area contributed by atoms with Crippen molar-refractivity contribution < 1.29 is 4.74 Å². The largest absolute Gasteiger partial charge is 0.344 e. The minimum Gasteiger partial charge on any atom is -0.344 e. The van der Waals surface area contributed by atoms with Gasteiger partial charge in [-0.1, -0.05) is 26.8 Å². The van der Waals surface area contributed by atoms with Gasteiger partial charge in [-0.25, -0.2) is 0 Å². The Bertz CT molecular complexity index is 126. The average molecular weight is 224 g/mol. The van der Waals surface area contributed by atoms with Gasteiger partial charge in [0.15, 0.2) is 0 Å². The Labute approximate surface area is 59.5 Å². The molecule has 0 aromatic carbocycles. The van der Waals surface area contributed by atoms with E-state index in [0.29, 0.717) is 0 Å². The highest BCUT2D eigenvalue weighted by atomic mass is 127. The third kappa shape index (κ3) is 1.67. The number of hydrogen-bond donors (Lipinski definition) is 0. The van der Waals surface area contributed by atoms with Gasteiger partial charge in [0.1, 0.15) is 3.69 Å². The Morgan fingerprint density at radius 2 is 2.62 bits per heavy atom. The van der Waals surface area contributed by atoms with E-state index in [9.17, 15) is 0 Å². The van der Waals surface area contributed by atoms with Crippen molar-refractivity contribution in [3.05, 3.63) is 12.2 Å². The summed E-state index contributed by atoms with van der Waals surface area (Å²) in [5.74, 6) is 0. The summed E-state index contributed by atoms with van der Waals surface area (Å²) >= 11 is 0.256. The van der Waals surface area contributed by atoms with Gasteiger partial charge in [-0.2, -0.15) is 0 Å². The fourth-order valence-electron chi connectivity index (χ4n) is 0.554. The number of hydrogen-bond acceptors (Lipinski definition) is 1. The van der Waals surface area contributed by atoms with Gasteiger partial charge >= 0.3 is 0 Å². The van der Waals surface area contributed by atoms with Crippen molar-refractivity contribution in [1.82, 2.24) is 0 Å². The predicted octanol–water partition coefficient (Wildman–Crippen LogP) is 1.69. The summed E-state index contributed by atoms with van der Waals surface area (Å²) in [5.41, 5.74) is 0. The Kier molecular flexibility index (Phi) is 2.69. The summed E-state index contributed by atoms with van der Waals surface area (Å²) in [7, 11) is 1.75. The van der Waals surface area contributed by atoms with Crippen LogP contribution in [0.4, 0.5) is 0 Å². The lowest BCUT2D eigenvalue weighted by molar-refractivity contribution is 0.419. The van der Waals surface area contributed by atoms with Crippen LogP contribution < -0.4 is 0 Å². The van der Waals surface area contributed by atoms with Gasteiger partial charge in [-0.3, -0.25) is 0 Å². The van der Waals surface area contributed by atoms with E-state index in [-0.39, 0.29) is 20.7 Å². The van der Waals surface area contributed by atoms with Crippen LogP contribution in [0.3, 0.4) is 0 Å². The zero-order valence-electron chi connectivity index (χ0n) is 4.86. The summed E-state index contributed by atoms with van der Waals surface area (Å²) in [6.45, 7) is 0. The Morgan fingerprint density at radius 3 is 3.00 bits per heavy atom. The molecule has 0 fully saturated rings. The van der Waals surface area contributed by atoms with Crippen LogP contribution in [0.1, 0.15) is 6.42 Å². The van der Waals surface area contributed by atoms with Gasteiger partial charge in [-0.15, -0.1) is 0 Å². The molecule has 2 heteroatoms. The SMILES string of the molecule is COC1=ICCC=C1. The van der Waals surface area contributed by atoms with E-state index < -0.39 is 0 Å². The topological polar surface area (TPSA) is 9.23 Å². The number of ether oxygens (including phenoxy) is 1. The Balaban J connectivity index is 2.51. The molecule has 0 unspecified atom stereocenters. The Morgan fingerprint density at radius 1 is 1.75 bits per heavy atom. The summed E-state index contributed by atoms with van der Waals surface area (Å²) < 4.78 is 7.66. The molecule has 0 aliphatic carbocycles. The molecule has 0 amide bonds. The fourth-order valence-corrected chi connectivity index (χ4v) is 2.58. The molecule has 0 bridgehead atoms. The van der Waals surface area contributed by atoms with Gasteiger partial charge in [0.25, 0.3) is 0 Å². The van der Waals surface area contributed by atoms with Gasteiger partial charge in [0.05, 0.1) is 0 Å². The number of allylic oxidation sites excluding steroid dienone is 1. The molecule has 0 N–H and O–H groups in total. The van der Waals surface area contributed by atoms with Crippen LogP contribution in [-0.2, 0) is 4.74 Å². The van der Waals surface area contributed by atoms with Crippen molar-refractivity contribution in [1.29, 1.82) is 0 Å². The smallest absolute Gasteiger partial charge is 0.102 e. The zero-order chi connectivity index (χ0) is 5.82. The molecule has 46 valence electrons. The van der Waals surface area contributed by atoms with Crippen LogP contribution in [0.5, 0.6) is 0 Å². The van der Waals surface area contributed by atoms with Crippen molar-refractivity contribution in [2.75, 3.05) is 11.5 Å². The highest BCUT2D eigenvalue weighted by Crippen LogP contribution is 2.10. The van der Waals surface area contributed by atoms with E-state index in [1.807, 2.05) is 0 Å². The monoisotopic (exact) mass is 224 g/mol. The number of halogens is 1. The molecule has 0 aromatic rings. The maximum atomic E-state index is 5.07. The molecule has 0 aromatic heterocycles. The molecule has 1 heterocycles. The molecular formula is C6H9IO. The van der Waals surface area contributed by atoms with E-state index in [1.54, 1.807) is 7.11 Å². The highest BCUT2D eigenvalue weighted by molar-refractivity contribution is 14.2. The third-order valence-corrected chi connectivity index (χ3v) is 3.66. The molecule has 0 saturated heterocycles. The van der Waals surface area contributed by atoms with Crippen LogP contribution in [0.25, 0.3) is 0 Å². The average Bonchev–Trinajstić information content (AvgIpc) is 1.90. The molecular weight excluding hydrogens is 215 g/mol. The van der Waals surface area contributed by atoms with E-state index in [4.69, 9.17) is 4.74 Å². The second-order valence-corrected chi connectivity index (χ2v) is 4.43. The first-order valence-corrected chi connectivity index (χ1v) is 5.20. The van der Waals surface area contributed by atoms with Crippen molar-refractivity contribution >= 4 is 24.4 Å². The second kappa shape index (κ2) is 3.35. The van der Waals surface area contributed by atoms with Crippen molar-refractivity contribution in [2.24, 2.45) is 0 Å². The quantitative estimate of drug-likeness (QED) is 0.486. The molecule has 1 nitrogen and oxygen atoms in total. The van der Waals surface area contributed by atoms with Crippen LogP contribution in [0, 0.1) is 0 Å². The maximum Gasteiger partial charge on any atom is 0.102 e. The lowest BCUT2D eigenvalue weighted by Gasteiger charge is -2.00. The standard InChI is InChI=1S/C6H9IO/c1-8-6-4-2-3-5-7-6/h2,4H,3,5H2,1H3. The fraction of sp³-hybridized carbons (Fsp3) is 0.500. The summed E-state index contributed by atoms with van der Waals surface area (Å²) in [5, 5.41) is 0. The minimum absolute atomic E-state index is 0.256. The van der Waals surface area contributed by atoms with Gasteiger partial charge in [0.2, 0.25) is 0 Å². The van der Waals surface area contributed by atoms with Crippen LogP contribution in [0.2, 0.25) is 0 Å². The van der Waals surface area contributed by atoms with E-state index >= 15 is 0 Å². The molecule has 0 radical (unpaired) electrons. The first-order valence-electron chi connectivity index (χ1n) is 2.60. The van der Waals surface area contributed by atoms with Crippen LogP contribution in [0.15, 0.2) is 12.2 Å². The number of alkyl halides is 1. The van der Waals surface area contributed by atoms with Crippen LogP contribution in [-0.4, -0.2) is 15.2 Å². The van der Waals surface area contributed by atoms with Crippen molar-refractivity contribution in [3.8, 4) is 0 Å². The second-order valence-electron chi connectivity index (χ2n) is 1.52. The number of rotatable bonds is 1. The van der Waals surface area contributed by atoms with Gasteiger partial charge < -0.3 is 4.74 Å². The van der Waals surface area contributed by atoms with Crippen molar-refractivity contribution in [2.45, 2.75) is 6.42 Å². The molecule has 1 rings (SSSR count). The van der Waals surface area contributed by atoms with Gasteiger partial charge in [-0.05, 0) is 12.5 Å². The first-order chi connectivity index (χ1) is 3.93. The maximum absolute atomic E-state index is 5.07. The summed E-state index contributed by atoms with van der Waals surface area (Å²) in [6.07, 6.45) is 5.55. The summed E-state index contributed by atoms with van der Waals surface area (Å²) in [4.78, 5) is 0. The Hall–Kier alpha value is 0.300. The molecule has 1 aliphatic rings. The van der Waals surface area contributed by atoms with Crippen molar-refractivity contribution in [3.63, 3.8) is 0 Å². The third-order valence-electron chi connectivity index (χ3n) is 0.946. The lowest BCUT2D eigenvalue weighted by atomic mass is 10.4. The predicted molar refractivity (Wildman–Crippen MR) is 44.7 cm³/mol. The molecule has 8 heavy (non-hydrogen) atoms. The highest BCUT2D eigenvalue weighted by Gasteiger charge is 1.92. The molecule has 0 spiro atoms. The minimum atomic E-state index is 0.256. The van der Waals surface area contributed by atoms with E-state index in [1.165, 1.54) is 14.5 Å². The first kappa shape index (κ1) is 6.42. The van der Waals surface area contributed by atoms with Crippen LogP contribution >= 0.6 is 20.7 Å². The molecule has 1 aliphatic heterocycles. The summed E-state index contributed by atoms with van der Waals surface area (Å²) in [6, 6.07) is 0. The van der Waals surface area contributed by atoms with Gasteiger partial charge in [0, 0.05) is 11.5 Å². The van der Waals surface area contributed by atoms with E-state index in [2.05, 4.69) is 12.2 Å². The number of methoxy groups -OCH3 is 1. The normalized spacial score (nSPS) is 19.4. The molecule has 0 atom stereocenters. The van der Waals surface area contributed by atoms with E-state index in [0.717, 1.165) is 0 Å². The lowest BCUT2D eigenvalue weighted by Crippen LogP contribution is -1.95. The molecule has 0 saturated carbocycles.